The summed E-state index contributed by atoms with van der Waals surface area (Å²) in [6.07, 6.45) is 0. The molecule has 0 fully saturated rings. The number of oxazole rings is 1. The maximum Gasteiger partial charge on any atom is 0.419 e. The van der Waals surface area contributed by atoms with Crippen molar-refractivity contribution in [1.82, 2.24) is 14.2 Å². The number of nitrogens with one attached hydrogen (secondary N) is 2. The normalized spacial score (nSPS) is 12.9. The molecular formula is C23H30N4O6S. The van der Waals surface area contributed by atoms with Gasteiger partial charge in [0.05, 0.1) is 17.5 Å². The number of amides is 1. The molecule has 0 aliphatic rings. The number of benzene rings is 2. The zero-order valence-electron chi connectivity index (χ0n) is 19.9. The first-order valence-electron chi connectivity index (χ1n) is 10.8. The van der Waals surface area contributed by atoms with E-state index in [1.54, 1.807) is 32.0 Å². The summed E-state index contributed by atoms with van der Waals surface area (Å²) in [5, 5.41) is 2.76. The van der Waals surface area contributed by atoms with Gasteiger partial charge in [0.25, 0.3) is 0 Å². The van der Waals surface area contributed by atoms with E-state index in [-0.39, 0.29) is 10.8 Å². The molecule has 0 spiro atoms. The number of anilines is 1. The van der Waals surface area contributed by atoms with Crippen LogP contribution in [0.25, 0.3) is 11.1 Å². The van der Waals surface area contributed by atoms with E-state index in [4.69, 9.17) is 9.15 Å². The van der Waals surface area contributed by atoms with Gasteiger partial charge < -0.3 is 19.4 Å². The summed E-state index contributed by atoms with van der Waals surface area (Å²) in [6.45, 7) is 4.55. The van der Waals surface area contributed by atoms with E-state index in [2.05, 4.69) is 10.0 Å². The number of hydrogen-bond acceptors (Lipinski definition) is 7. The van der Waals surface area contributed by atoms with E-state index in [9.17, 15) is 18.0 Å². The van der Waals surface area contributed by atoms with Crippen LogP contribution in [0.15, 0.2) is 56.6 Å². The Morgan fingerprint density at radius 2 is 1.82 bits per heavy atom. The van der Waals surface area contributed by atoms with Crippen molar-refractivity contribution >= 4 is 32.7 Å². The molecule has 0 saturated carbocycles. The van der Waals surface area contributed by atoms with Gasteiger partial charge in [-0.1, -0.05) is 13.8 Å². The molecule has 10 nitrogen and oxygen atoms in total. The molecule has 1 atom stereocenters. The molecule has 11 heteroatoms. The van der Waals surface area contributed by atoms with E-state index in [0.717, 1.165) is 0 Å². The quantitative estimate of drug-likeness (QED) is 0.446. The van der Waals surface area contributed by atoms with Gasteiger partial charge in [0.1, 0.15) is 11.8 Å². The highest BCUT2D eigenvalue weighted by Crippen LogP contribution is 2.21. The average molecular weight is 491 g/mol. The summed E-state index contributed by atoms with van der Waals surface area (Å²) in [7, 11) is 1.34. The maximum absolute atomic E-state index is 13.0. The van der Waals surface area contributed by atoms with Crippen LogP contribution in [0.1, 0.15) is 13.8 Å². The van der Waals surface area contributed by atoms with Gasteiger partial charge in [-0.3, -0.25) is 9.36 Å². The van der Waals surface area contributed by atoms with Gasteiger partial charge >= 0.3 is 5.76 Å². The Hall–Kier alpha value is -3.15. The van der Waals surface area contributed by atoms with Crippen molar-refractivity contribution in [3.63, 3.8) is 0 Å². The van der Waals surface area contributed by atoms with Crippen LogP contribution in [0.3, 0.4) is 0 Å². The summed E-state index contributed by atoms with van der Waals surface area (Å²) in [5.41, 5.74) is 1.37. The molecule has 1 heterocycles. The second kappa shape index (κ2) is 10.4. The van der Waals surface area contributed by atoms with Crippen molar-refractivity contribution in [3.8, 4) is 5.75 Å². The van der Waals surface area contributed by atoms with Crippen LogP contribution in [0.5, 0.6) is 5.75 Å². The molecule has 2 N–H and O–H groups in total. The number of rotatable bonds is 10. The highest BCUT2D eigenvalue weighted by Gasteiger charge is 2.28. The zero-order valence-corrected chi connectivity index (χ0v) is 20.7. The summed E-state index contributed by atoms with van der Waals surface area (Å²) in [4.78, 5) is 27.2. The number of nitrogens with zero attached hydrogens (tertiary/aromatic N) is 2. The third-order valence-corrected chi connectivity index (χ3v) is 6.76. The number of carbonyl (C=O) groups excluding carboxylic acids is 1. The highest BCUT2D eigenvalue weighted by atomic mass is 32.2. The number of hydrogen-bond donors (Lipinski definition) is 2. The Bertz CT molecular complexity index is 1310. The molecule has 0 aliphatic carbocycles. The lowest BCUT2D eigenvalue weighted by atomic mass is 10.0. The molecule has 3 aromatic rings. The Balaban J connectivity index is 1.82. The van der Waals surface area contributed by atoms with Crippen molar-refractivity contribution in [2.75, 3.05) is 33.1 Å². The molecule has 34 heavy (non-hydrogen) atoms. The second-order valence-corrected chi connectivity index (χ2v) is 10.2. The molecular weight excluding hydrogens is 460 g/mol. The number of methoxy groups -OCH3 is 1. The lowest BCUT2D eigenvalue weighted by Crippen LogP contribution is -2.47. The molecule has 0 aliphatic heterocycles. The minimum absolute atomic E-state index is 0.0245. The summed E-state index contributed by atoms with van der Waals surface area (Å²) in [6, 6.07) is 9.72. The summed E-state index contributed by atoms with van der Waals surface area (Å²) >= 11 is 0. The molecule has 0 bridgehead atoms. The molecule has 3 rings (SSSR count). The van der Waals surface area contributed by atoms with Gasteiger partial charge in [0.2, 0.25) is 15.9 Å². The number of ether oxygens (including phenoxy) is 1. The summed E-state index contributed by atoms with van der Waals surface area (Å²) < 4.78 is 40.1. The largest absolute Gasteiger partial charge is 0.497 e. The smallest absolute Gasteiger partial charge is 0.419 e. The van der Waals surface area contributed by atoms with Crippen LogP contribution in [0.4, 0.5) is 5.69 Å². The number of fused-ring (bicyclic) bond motifs is 1. The van der Waals surface area contributed by atoms with Crippen LogP contribution >= 0.6 is 0 Å². The monoisotopic (exact) mass is 490 g/mol. The van der Waals surface area contributed by atoms with Gasteiger partial charge in [0, 0.05) is 18.8 Å². The molecule has 1 amide bonds. The van der Waals surface area contributed by atoms with Crippen LogP contribution in [0, 0.1) is 5.92 Å². The standard InChI is InChI=1S/C23H30N4O6S/c1-15(2)21(25-34(30,31)18-9-7-17(32-5)8-10-18)22(28)24-16-6-11-20-19(14-16)27(23(29)33-20)13-12-26(3)4/h6-11,14-15,21,25H,12-13H2,1-5H3,(H,24,28)/t21-/m0/s1. The topological polar surface area (TPSA) is 123 Å². The number of aromatic nitrogens is 1. The first-order chi connectivity index (χ1) is 16.0. The maximum atomic E-state index is 13.0. The third-order valence-electron chi connectivity index (χ3n) is 5.31. The minimum Gasteiger partial charge on any atom is -0.497 e. The third kappa shape index (κ3) is 5.85. The Morgan fingerprint density at radius 3 is 2.41 bits per heavy atom. The van der Waals surface area contributed by atoms with E-state index >= 15 is 0 Å². The number of carbonyl (C=O) groups is 1. The van der Waals surface area contributed by atoms with Gasteiger partial charge in [-0.25, -0.2) is 13.2 Å². The molecule has 0 radical (unpaired) electrons. The van der Waals surface area contributed by atoms with Crippen LogP contribution in [-0.4, -0.2) is 57.6 Å². The van der Waals surface area contributed by atoms with Gasteiger partial charge in [-0.15, -0.1) is 0 Å². The first-order valence-corrected chi connectivity index (χ1v) is 12.3. The molecule has 0 saturated heterocycles. The Morgan fingerprint density at radius 1 is 1.15 bits per heavy atom. The fraction of sp³-hybridized carbons (Fsp3) is 0.391. The van der Waals surface area contributed by atoms with E-state index in [1.807, 2.05) is 19.0 Å². The Kier molecular flexibility index (Phi) is 7.80. The number of likely N-dealkylation sites (N-methyl/N-ethyl adjacent to an activating group) is 1. The lowest BCUT2D eigenvalue weighted by molar-refractivity contribution is -0.118. The second-order valence-electron chi connectivity index (χ2n) is 8.51. The average Bonchev–Trinajstić information content (AvgIpc) is 3.10. The van der Waals surface area contributed by atoms with Gasteiger partial charge in [0.15, 0.2) is 5.58 Å². The van der Waals surface area contributed by atoms with Crippen molar-refractivity contribution < 1.29 is 22.4 Å². The molecule has 1 aromatic heterocycles. The molecule has 2 aromatic carbocycles. The van der Waals surface area contributed by atoms with Crippen molar-refractivity contribution in [1.29, 1.82) is 0 Å². The predicted molar refractivity (Wildman–Crippen MR) is 130 cm³/mol. The highest BCUT2D eigenvalue weighted by molar-refractivity contribution is 7.89. The van der Waals surface area contributed by atoms with Crippen molar-refractivity contribution in [3.05, 3.63) is 53.0 Å². The Labute approximate surface area is 198 Å². The van der Waals surface area contributed by atoms with E-state index < -0.39 is 27.7 Å². The van der Waals surface area contributed by atoms with Gasteiger partial charge in [-0.05, 0) is 62.5 Å². The fourth-order valence-corrected chi connectivity index (χ4v) is 4.70. The first kappa shape index (κ1) is 25.5. The lowest BCUT2D eigenvalue weighted by Gasteiger charge is -2.22. The van der Waals surface area contributed by atoms with Crippen LogP contribution < -0.4 is 20.5 Å². The van der Waals surface area contributed by atoms with E-state index in [1.165, 1.54) is 35.9 Å². The van der Waals surface area contributed by atoms with Crippen molar-refractivity contribution in [2.45, 2.75) is 31.3 Å². The van der Waals surface area contributed by atoms with Gasteiger partial charge in [-0.2, -0.15) is 4.72 Å². The zero-order chi connectivity index (χ0) is 25.0. The fourth-order valence-electron chi connectivity index (χ4n) is 3.35. The predicted octanol–water partition coefficient (Wildman–Crippen LogP) is 2.11. The number of sulfonamides is 1. The van der Waals surface area contributed by atoms with Crippen LogP contribution in [0.2, 0.25) is 0 Å². The molecule has 0 unspecified atom stereocenters. The van der Waals surface area contributed by atoms with Crippen LogP contribution in [-0.2, 0) is 21.4 Å². The van der Waals surface area contributed by atoms with Crippen molar-refractivity contribution in [2.24, 2.45) is 5.92 Å². The summed E-state index contributed by atoms with van der Waals surface area (Å²) in [5.74, 6) is -0.801. The SMILES string of the molecule is COc1ccc(S(=O)(=O)N[C@H](C(=O)Nc2ccc3oc(=O)n(CCN(C)C)c3c2)C(C)C)cc1. The van der Waals surface area contributed by atoms with E-state index in [0.29, 0.717) is 35.6 Å². The minimum atomic E-state index is -3.95. The molecule has 184 valence electrons.